The highest BCUT2D eigenvalue weighted by Gasteiger charge is 1.96. The number of unbranched alkanes of at least 4 members (excludes halogenated alkanes) is 7. The van der Waals surface area contributed by atoms with Crippen molar-refractivity contribution in [2.45, 2.75) is 77.7 Å². The zero-order valence-corrected chi connectivity index (χ0v) is 11.4. The maximum Gasteiger partial charge on any atom is 0.00360 e. The lowest BCUT2D eigenvalue weighted by atomic mass is 10.1. The molecule has 3 N–H and O–H groups in total. The SMILES string of the molecule is CCC(C)NCCCCCCCCCCN. The molecule has 0 aromatic rings. The highest BCUT2D eigenvalue weighted by Crippen LogP contribution is 2.07. The van der Waals surface area contributed by atoms with Crippen LogP contribution in [0.25, 0.3) is 0 Å². The van der Waals surface area contributed by atoms with Crippen LogP contribution in [0.2, 0.25) is 0 Å². The number of hydrogen-bond acceptors (Lipinski definition) is 2. The second-order valence-electron chi connectivity index (χ2n) is 4.88. The third-order valence-corrected chi connectivity index (χ3v) is 3.24. The molecule has 0 heterocycles. The first-order valence-corrected chi connectivity index (χ1v) is 7.24. The Kier molecular flexibility index (Phi) is 12.9. The predicted molar refractivity (Wildman–Crippen MR) is 73.7 cm³/mol. The molecule has 0 spiro atoms. The Bertz CT molecular complexity index is 126. The zero-order chi connectivity index (χ0) is 12.1. The van der Waals surface area contributed by atoms with Crippen molar-refractivity contribution < 1.29 is 0 Å². The minimum absolute atomic E-state index is 0.691. The fourth-order valence-corrected chi connectivity index (χ4v) is 1.82. The van der Waals surface area contributed by atoms with Crippen LogP contribution in [0, 0.1) is 0 Å². The van der Waals surface area contributed by atoms with Crippen molar-refractivity contribution in [3.63, 3.8) is 0 Å². The third kappa shape index (κ3) is 12.0. The van der Waals surface area contributed by atoms with E-state index in [1.165, 1.54) is 64.3 Å². The minimum atomic E-state index is 0.691. The molecule has 0 saturated carbocycles. The van der Waals surface area contributed by atoms with Crippen molar-refractivity contribution in [3.05, 3.63) is 0 Å². The Hall–Kier alpha value is -0.0800. The molecule has 0 rings (SSSR count). The van der Waals surface area contributed by atoms with E-state index in [1.54, 1.807) is 0 Å². The van der Waals surface area contributed by atoms with E-state index in [0.29, 0.717) is 6.04 Å². The van der Waals surface area contributed by atoms with Crippen LogP contribution in [0.15, 0.2) is 0 Å². The van der Waals surface area contributed by atoms with Gasteiger partial charge in [0.05, 0.1) is 0 Å². The Labute approximate surface area is 102 Å². The van der Waals surface area contributed by atoms with Gasteiger partial charge >= 0.3 is 0 Å². The maximum atomic E-state index is 5.45. The van der Waals surface area contributed by atoms with Gasteiger partial charge < -0.3 is 11.1 Å². The second kappa shape index (κ2) is 13.0. The van der Waals surface area contributed by atoms with Gasteiger partial charge in [0.1, 0.15) is 0 Å². The van der Waals surface area contributed by atoms with Crippen molar-refractivity contribution in [2.75, 3.05) is 13.1 Å². The second-order valence-corrected chi connectivity index (χ2v) is 4.88. The third-order valence-electron chi connectivity index (χ3n) is 3.24. The summed E-state index contributed by atoms with van der Waals surface area (Å²) < 4.78 is 0. The van der Waals surface area contributed by atoms with Gasteiger partial charge in [-0.2, -0.15) is 0 Å². The average molecular weight is 228 g/mol. The molecule has 0 bridgehead atoms. The minimum Gasteiger partial charge on any atom is -0.330 e. The summed E-state index contributed by atoms with van der Waals surface area (Å²) in [6, 6.07) is 0.691. The molecule has 16 heavy (non-hydrogen) atoms. The lowest BCUT2D eigenvalue weighted by molar-refractivity contribution is 0.501. The Morgan fingerprint density at radius 1 is 0.875 bits per heavy atom. The topological polar surface area (TPSA) is 38.0 Å². The monoisotopic (exact) mass is 228 g/mol. The maximum absolute atomic E-state index is 5.45. The van der Waals surface area contributed by atoms with Crippen LogP contribution < -0.4 is 11.1 Å². The van der Waals surface area contributed by atoms with Gasteiger partial charge in [0, 0.05) is 6.04 Å². The molecule has 98 valence electrons. The van der Waals surface area contributed by atoms with E-state index in [0.717, 1.165) is 6.54 Å². The van der Waals surface area contributed by atoms with Crippen molar-refractivity contribution in [3.8, 4) is 0 Å². The summed E-state index contributed by atoms with van der Waals surface area (Å²) in [5.41, 5.74) is 5.45. The zero-order valence-electron chi connectivity index (χ0n) is 11.4. The predicted octanol–water partition coefficient (Wildman–Crippen LogP) is 3.45. The molecule has 0 saturated heterocycles. The van der Waals surface area contributed by atoms with Crippen LogP contribution in [0.5, 0.6) is 0 Å². The number of nitrogens with one attached hydrogen (secondary N) is 1. The van der Waals surface area contributed by atoms with Crippen LogP contribution in [0.4, 0.5) is 0 Å². The van der Waals surface area contributed by atoms with Gasteiger partial charge in [0.15, 0.2) is 0 Å². The highest BCUT2D eigenvalue weighted by molar-refractivity contribution is 4.57. The summed E-state index contributed by atoms with van der Waals surface area (Å²) in [7, 11) is 0. The van der Waals surface area contributed by atoms with Crippen LogP contribution in [-0.2, 0) is 0 Å². The summed E-state index contributed by atoms with van der Waals surface area (Å²) in [5, 5.41) is 3.54. The molecule has 0 aliphatic heterocycles. The largest absolute Gasteiger partial charge is 0.330 e. The van der Waals surface area contributed by atoms with Gasteiger partial charge in [-0.15, -0.1) is 0 Å². The molecule has 0 radical (unpaired) electrons. The normalized spacial score (nSPS) is 12.9. The molecular formula is C14H32N2. The summed E-state index contributed by atoms with van der Waals surface area (Å²) >= 11 is 0. The highest BCUT2D eigenvalue weighted by atomic mass is 14.9. The molecule has 1 unspecified atom stereocenters. The molecule has 2 nitrogen and oxygen atoms in total. The van der Waals surface area contributed by atoms with Crippen molar-refractivity contribution in [1.82, 2.24) is 5.32 Å². The summed E-state index contributed by atoms with van der Waals surface area (Å²) in [6.45, 7) is 6.56. The summed E-state index contributed by atoms with van der Waals surface area (Å²) in [4.78, 5) is 0. The average Bonchev–Trinajstić information content (AvgIpc) is 2.31. The van der Waals surface area contributed by atoms with Gasteiger partial charge in [-0.1, -0.05) is 45.4 Å². The van der Waals surface area contributed by atoms with E-state index >= 15 is 0 Å². The van der Waals surface area contributed by atoms with E-state index in [2.05, 4.69) is 19.2 Å². The van der Waals surface area contributed by atoms with Gasteiger partial charge in [-0.3, -0.25) is 0 Å². The Morgan fingerprint density at radius 3 is 1.88 bits per heavy atom. The quantitative estimate of drug-likeness (QED) is 0.502. The standard InChI is InChI=1S/C14H32N2/c1-3-14(2)16-13-11-9-7-5-4-6-8-10-12-15/h14,16H,3-13,15H2,1-2H3. The Morgan fingerprint density at radius 2 is 1.38 bits per heavy atom. The van der Waals surface area contributed by atoms with Gasteiger partial charge in [-0.25, -0.2) is 0 Å². The number of hydrogen-bond donors (Lipinski definition) is 2. The van der Waals surface area contributed by atoms with E-state index in [-0.39, 0.29) is 0 Å². The molecule has 1 atom stereocenters. The molecular weight excluding hydrogens is 196 g/mol. The molecule has 0 fully saturated rings. The Balaban J connectivity index is 2.93. The molecule has 0 aliphatic carbocycles. The number of nitrogens with two attached hydrogens (primary N) is 1. The first-order chi connectivity index (χ1) is 7.81. The van der Waals surface area contributed by atoms with Gasteiger partial charge in [-0.05, 0) is 39.3 Å². The van der Waals surface area contributed by atoms with E-state index in [1.807, 2.05) is 0 Å². The first kappa shape index (κ1) is 15.9. The lowest BCUT2D eigenvalue weighted by Gasteiger charge is -2.10. The van der Waals surface area contributed by atoms with Gasteiger partial charge in [0.25, 0.3) is 0 Å². The van der Waals surface area contributed by atoms with Crippen LogP contribution in [0.3, 0.4) is 0 Å². The first-order valence-electron chi connectivity index (χ1n) is 7.24. The molecule has 0 aromatic carbocycles. The van der Waals surface area contributed by atoms with Crippen LogP contribution in [0.1, 0.15) is 71.6 Å². The summed E-state index contributed by atoms with van der Waals surface area (Å²) in [5.74, 6) is 0. The molecule has 0 amide bonds. The van der Waals surface area contributed by atoms with Gasteiger partial charge in [0.2, 0.25) is 0 Å². The van der Waals surface area contributed by atoms with Crippen LogP contribution in [-0.4, -0.2) is 19.1 Å². The molecule has 2 heteroatoms. The lowest BCUT2D eigenvalue weighted by Crippen LogP contribution is -2.25. The van der Waals surface area contributed by atoms with Crippen molar-refractivity contribution >= 4 is 0 Å². The number of rotatable bonds is 12. The van der Waals surface area contributed by atoms with E-state index < -0.39 is 0 Å². The van der Waals surface area contributed by atoms with Crippen molar-refractivity contribution in [2.24, 2.45) is 5.73 Å². The van der Waals surface area contributed by atoms with E-state index in [4.69, 9.17) is 5.73 Å². The van der Waals surface area contributed by atoms with E-state index in [9.17, 15) is 0 Å². The fourth-order valence-electron chi connectivity index (χ4n) is 1.82. The van der Waals surface area contributed by atoms with Crippen LogP contribution >= 0.6 is 0 Å². The smallest absolute Gasteiger partial charge is 0.00360 e. The fraction of sp³-hybridized carbons (Fsp3) is 1.00. The summed E-state index contributed by atoms with van der Waals surface area (Å²) in [6.07, 6.45) is 12.1. The molecule has 0 aliphatic rings. The van der Waals surface area contributed by atoms with Crippen molar-refractivity contribution in [1.29, 1.82) is 0 Å². The molecule has 0 aromatic heterocycles.